The summed E-state index contributed by atoms with van der Waals surface area (Å²) in [6.07, 6.45) is 0. The number of halogens is 1. The standard InChI is InChI=1S/C17H20FNO/c1-10-8-9-11(2)16(12(10)3)20-17-14(13(4)19)6-5-7-15(17)18/h5-9,13H,19H2,1-4H3/t13-/m0/s1. The molecule has 0 heterocycles. The van der Waals surface area contributed by atoms with Gasteiger partial charge in [-0.2, -0.15) is 0 Å². The third-order valence-corrected chi connectivity index (χ3v) is 3.57. The van der Waals surface area contributed by atoms with E-state index in [0.717, 1.165) is 16.7 Å². The van der Waals surface area contributed by atoms with Gasteiger partial charge in [0.25, 0.3) is 0 Å². The van der Waals surface area contributed by atoms with E-state index in [2.05, 4.69) is 0 Å². The minimum atomic E-state index is -0.389. The van der Waals surface area contributed by atoms with Gasteiger partial charge in [-0.1, -0.05) is 24.3 Å². The van der Waals surface area contributed by atoms with Crippen LogP contribution in [0.5, 0.6) is 11.5 Å². The molecule has 2 aromatic carbocycles. The minimum Gasteiger partial charge on any atom is -0.453 e. The monoisotopic (exact) mass is 273 g/mol. The summed E-state index contributed by atoms with van der Waals surface area (Å²) in [5.74, 6) is 0.538. The molecule has 2 rings (SSSR count). The van der Waals surface area contributed by atoms with E-state index in [9.17, 15) is 4.39 Å². The summed E-state index contributed by atoms with van der Waals surface area (Å²) < 4.78 is 20.0. The van der Waals surface area contributed by atoms with Gasteiger partial charge in [-0.15, -0.1) is 0 Å². The van der Waals surface area contributed by atoms with Crippen LogP contribution in [0.15, 0.2) is 30.3 Å². The number of rotatable bonds is 3. The van der Waals surface area contributed by atoms with E-state index < -0.39 is 0 Å². The average Bonchev–Trinajstić information content (AvgIpc) is 2.40. The zero-order chi connectivity index (χ0) is 14.9. The van der Waals surface area contributed by atoms with Gasteiger partial charge in [-0.3, -0.25) is 0 Å². The number of benzene rings is 2. The summed E-state index contributed by atoms with van der Waals surface area (Å²) in [5, 5.41) is 0. The van der Waals surface area contributed by atoms with Crippen molar-refractivity contribution < 1.29 is 9.13 Å². The molecule has 0 aromatic heterocycles. The lowest BCUT2D eigenvalue weighted by Crippen LogP contribution is -2.08. The minimum absolute atomic E-state index is 0.222. The van der Waals surface area contributed by atoms with Gasteiger partial charge < -0.3 is 10.5 Å². The van der Waals surface area contributed by atoms with Crippen molar-refractivity contribution >= 4 is 0 Å². The molecule has 0 amide bonds. The van der Waals surface area contributed by atoms with Gasteiger partial charge in [-0.25, -0.2) is 4.39 Å². The summed E-state index contributed by atoms with van der Waals surface area (Å²) in [6, 6.07) is 8.56. The van der Waals surface area contributed by atoms with Gasteiger partial charge in [0.15, 0.2) is 11.6 Å². The van der Waals surface area contributed by atoms with E-state index in [0.29, 0.717) is 11.3 Å². The van der Waals surface area contributed by atoms with Crippen molar-refractivity contribution in [1.29, 1.82) is 0 Å². The van der Waals surface area contributed by atoms with Gasteiger partial charge >= 0.3 is 0 Å². The molecule has 0 saturated heterocycles. The lowest BCUT2D eigenvalue weighted by Gasteiger charge is -2.18. The maximum atomic E-state index is 14.1. The second-order valence-electron chi connectivity index (χ2n) is 5.20. The van der Waals surface area contributed by atoms with Crippen LogP contribution in [-0.4, -0.2) is 0 Å². The Bertz CT molecular complexity index is 635. The highest BCUT2D eigenvalue weighted by Gasteiger charge is 2.16. The summed E-state index contributed by atoms with van der Waals surface area (Å²) >= 11 is 0. The molecule has 0 unspecified atom stereocenters. The third kappa shape index (κ3) is 2.68. The Balaban J connectivity index is 2.53. The summed E-state index contributed by atoms with van der Waals surface area (Å²) in [6.45, 7) is 7.76. The summed E-state index contributed by atoms with van der Waals surface area (Å²) in [7, 11) is 0. The van der Waals surface area contributed by atoms with Crippen LogP contribution >= 0.6 is 0 Å². The van der Waals surface area contributed by atoms with Crippen molar-refractivity contribution in [2.75, 3.05) is 0 Å². The van der Waals surface area contributed by atoms with Crippen molar-refractivity contribution in [3.8, 4) is 11.5 Å². The zero-order valence-electron chi connectivity index (χ0n) is 12.3. The van der Waals surface area contributed by atoms with Crippen LogP contribution in [0.25, 0.3) is 0 Å². The smallest absolute Gasteiger partial charge is 0.167 e. The predicted octanol–water partition coefficient (Wildman–Crippen LogP) is 4.56. The van der Waals surface area contributed by atoms with E-state index in [-0.39, 0.29) is 17.6 Å². The highest BCUT2D eigenvalue weighted by Crippen LogP contribution is 2.35. The van der Waals surface area contributed by atoms with Crippen LogP contribution in [0.4, 0.5) is 4.39 Å². The van der Waals surface area contributed by atoms with E-state index in [1.165, 1.54) is 6.07 Å². The van der Waals surface area contributed by atoms with Gasteiger partial charge in [0.1, 0.15) is 5.75 Å². The first kappa shape index (κ1) is 14.5. The molecule has 20 heavy (non-hydrogen) atoms. The molecule has 3 heteroatoms. The van der Waals surface area contributed by atoms with Crippen molar-refractivity contribution in [2.45, 2.75) is 33.7 Å². The van der Waals surface area contributed by atoms with Crippen LogP contribution in [0, 0.1) is 26.6 Å². The molecular weight excluding hydrogens is 253 g/mol. The van der Waals surface area contributed by atoms with Crippen LogP contribution in [0.1, 0.15) is 35.2 Å². The third-order valence-electron chi connectivity index (χ3n) is 3.57. The highest BCUT2D eigenvalue weighted by molar-refractivity contribution is 5.49. The normalized spacial score (nSPS) is 12.3. The maximum absolute atomic E-state index is 14.1. The van der Waals surface area contributed by atoms with Gasteiger partial charge in [-0.05, 0) is 50.5 Å². The molecule has 0 spiro atoms. The Labute approximate surface area is 119 Å². The number of nitrogens with two attached hydrogens (primary N) is 1. The molecule has 2 aromatic rings. The molecule has 0 aliphatic rings. The Hall–Kier alpha value is -1.87. The van der Waals surface area contributed by atoms with E-state index in [1.807, 2.05) is 39.8 Å². The average molecular weight is 273 g/mol. The van der Waals surface area contributed by atoms with Gasteiger partial charge in [0.05, 0.1) is 0 Å². The Morgan fingerprint density at radius 3 is 2.30 bits per heavy atom. The Kier molecular flexibility index (Phi) is 4.09. The van der Waals surface area contributed by atoms with Gasteiger partial charge in [0, 0.05) is 11.6 Å². The molecule has 106 valence electrons. The molecule has 0 aliphatic heterocycles. The summed E-state index contributed by atoms with van der Waals surface area (Å²) in [5.41, 5.74) is 9.68. The molecule has 0 saturated carbocycles. The van der Waals surface area contributed by atoms with Crippen molar-refractivity contribution in [3.05, 3.63) is 58.4 Å². The molecule has 0 aliphatic carbocycles. The van der Waals surface area contributed by atoms with E-state index >= 15 is 0 Å². The number of hydrogen-bond donors (Lipinski definition) is 1. The van der Waals surface area contributed by atoms with Crippen LogP contribution in [0.3, 0.4) is 0 Å². The second kappa shape index (κ2) is 5.63. The Morgan fingerprint density at radius 2 is 1.65 bits per heavy atom. The number of para-hydroxylation sites is 1. The molecular formula is C17H20FNO. The van der Waals surface area contributed by atoms with E-state index in [4.69, 9.17) is 10.5 Å². The maximum Gasteiger partial charge on any atom is 0.167 e. The van der Waals surface area contributed by atoms with Crippen LogP contribution in [0.2, 0.25) is 0 Å². The lowest BCUT2D eigenvalue weighted by atomic mass is 10.0. The molecule has 0 fully saturated rings. The Morgan fingerprint density at radius 1 is 1.00 bits per heavy atom. The van der Waals surface area contributed by atoms with Crippen molar-refractivity contribution in [2.24, 2.45) is 5.73 Å². The first-order chi connectivity index (χ1) is 9.41. The van der Waals surface area contributed by atoms with E-state index in [1.54, 1.807) is 12.1 Å². The fraction of sp³-hybridized carbons (Fsp3) is 0.294. The molecule has 2 N–H and O–H groups in total. The molecule has 2 nitrogen and oxygen atoms in total. The second-order valence-corrected chi connectivity index (χ2v) is 5.20. The summed E-state index contributed by atoms with van der Waals surface area (Å²) in [4.78, 5) is 0. The van der Waals surface area contributed by atoms with Crippen molar-refractivity contribution in [3.63, 3.8) is 0 Å². The van der Waals surface area contributed by atoms with Crippen molar-refractivity contribution in [1.82, 2.24) is 0 Å². The fourth-order valence-corrected chi connectivity index (χ4v) is 2.18. The highest BCUT2D eigenvalue weighted by atomic mass is 19.1. The van der Waals surface area contributed by atoms with Crippen LogP contribution in [-0.2, 0) is 0 Å². The zero-order valence-corrected chi connectivity index (χ0v) is 12.3. The molecule has 0 radical (unpaired) electrons. The number of ether oxygens (including phenoxy) is 1. The number of aryl methyl sites for hydroxylation is 2. The molecule has 1 atom stereocenters. The lowest BCUT2D eigenvalue weighted by molar-refractivity contribution is 0.427. The van der Waals surface area contributed by atoms with Crippen LogP contribution < -0.4 is 10.5 Å². The largest absolute Gasteiger partial charge is 0.453 e. The quantitative estimate of drug-likeness (QED) is 0.889. The molecule has 0 bridgehead atoms. The SMILES string of the molecule is Cc1ccc(C)c(Oc2c(F)cccc2[C@H](C)N)c1C. The number of hydrogen-bond acceptors (Lipinski definition) is 2. The predicted molar refractivity (Wildman–Crippen MR) is 79.7 cm³/mol. The van der Waals surface area contributed by atoms with Gasteiger partial charge in [0.2, 0.25) is 0 Å². The topological polar surface area (TPSA) is 35.2 Å². The fourth-order valence-electron chi connectivity index (χ4n) is 2.18. The first-order valence-corrected chi connectivity index (χ1v) is 6.70. The first-order valence-electron chi connectivity index (χ1n) is 6.70.